The summed E-state index contributed by atoms with van der Waals surface area (Å²) in [6.45, 7) is 6.19. The van der Waals surface area contributed by atoms with Crippen LogP contribution in [0, 0.1) is 0 Å². The van der Waals surface area contributed by atoms with Crippen LogP contribution in [0.25, 0.3) is 0 Å². The smallest absolute Gasteiger partial charge is 0.306 e. The fourth-order valence-electron chi connectivity index (χ4n) is 7.02. The molecule has 73 heavy (non-hydrogen) atoms. The van der Waals surface area contributed by atoms with Gasteiger partial charge < -0.3 is 14.2 Å². The summed E-state index contributed by atoms with van der Waals surface area (Å²) < 4.78 is 16.8. The molecule has 0 spiro atoms. The summed E-state index contributed by atoms with van der Waals surface area (Å²) in [5.41, 5.74) is 0. The zero-order valence-electron chi connectivity index (χ0n) is 46.3. The molecular formula is C67H102O6. The topological polar surface area (TPSA) is 78.9 Å². The number of ether oxygens (including phenoxy) is 3. The van der Waals surface area contributed by atoms with Gasteiger partial charge in [-0.05, 0) is 141 Å². The Morgan fingerprint density at radius 3 is 0.822 bits per heavy atom. The fraction of sp³-hybridized carbons (Fsp3) is 0.537. The van der Waals surface area contributed by atoms with E-state index in [1.807, 2.05) is 0 Å². The second kappa shape index (κ2) is 59.3. The predicted octanol–water partition coefficient (Wildman–Crippen LogP) is 19.5. The highest BCUT2D eigenvalue weighted by Crippen LogP contribution is 2.12. The summed E-state index contributed by atoms with van der Waals surface area (Å²) in [5, 5.41) is 0. The maximum atomic E-state index is 12.8. The van der Waals surface area contributed by atoms with Crippen molar-refractivity contribution in [2.75, 3.05) is 13.2 Å². The molecule has 0 aliphatic rings. The van der Waals surface area contributed by atoms with E-state index in [-0.39, 0.29) is 37.5 Å². The molecule has 0 aliphatic carbocycles. The number of carbonyl (C=O) groups excluding carboxylic acids is 3. The van der Waals surface area contributed by atoms with Crippen molar-refractivity contribution < 1.29 is 28.6 Å². The van der Waals surface area contributed by atoms with Gasteiger partial charge in [0.2, 0.25) is 0 Å². The van der Waals surface area contributed by atoms with Crippen molar-refractivity contribution in [2.45, 2.75) is 219 Å². The Hall–Kier alpha value is -5.23. The zero-order valence-corrected chi connectivity index (χ0v) is 46.3. The minimum atomic E-state index is -0.836. The quantitative estimate of drug-likeness (QED) is 0.0261. The molecule has 6 nitrogen and oxygen atoms in total. The van der Waals surface area contributed by atoms with Crippen LogP contribution in [0.3, 0.4) is 0 Å². The van der Waals surface area contributed by atoms with E-state index in [1.165, 1.54) is 12.8 Å². The van der Waals surface area contributed by atoms with Crippen LogP contribution < -0.4 is 0 Å². The molecule has 0 bridgehead atoms. The third-order valence-electron chi connectivity index (χ3n) is 11.2. The van der Waals surface area contributed by atoms with Crippen molar-refractivity contribution in [1.29, 1.82) is 0 Å². The first-order chi connectivity index (χ1) is 36.0. The number of unbranched alkanes of at least 4 members (excludes halogenated alkanes) is 10. The first-order valence-corrected chi connectivity index (χ1v) is 28.6. The molecule has 0 aliphatic heterocycles. The van der Waals surface area contributed by atoms with E-state index in [4.69, 9.17) is 14.2 Å². The van der Waals surface area contributed by atoms with Gasteiger partial charge >= 0.3 is 17.9 Å². The molecule has 0 saturated heterocycles. The molecular weight excluding hydrogens is 901 g/mol. The Morgan fingerprint density at radius 2 is 0.507 bits per heavy atom. The van der Waals surface area contributed by atoms with Crippen molar-refractivity contribution >= 4 is 17.9 Å². The number of rotatable bonds is 49. The van der Waals surface area contributed by atoms with Gasteiger partial charge in [0, 0.05) is 19.3 Å². The van der Waals surface area contributed by atoms with Crippen molar-refractivity contribution in [3.8, 4) is 0 Å². The van der Waals surface area contributed by atoms with Crippen molar-refractivity contribution in [2.24, 2.45) is 0 Å². The van der Waals surface area contributed by atoms with Crippen LogP contribution in [0.2, 0.25) is 0 Å². The van der Waals surface area contributed by atoms with Gasteiger partial charge in [0.1, 0.15) is 13.2 Å². The zero-order chi connectivity index (χ0) is 52.9. The van der Waals surface area contributed by atoms with E-state index in [9.17, 15) is 14.4 Å². The highest BCUT2D eigenvalue weighted by atomic mass is 16.6. The third-order valence-corrected chi connectivity index (χ3v) is 11.2. The van der Waals surface area contributed by atoms with E-state index < -0.39 is 6.10 Å². The Kier molecular flexibility index (Phi) is 55.1. The van der Waals surface area contributed by atoms with Crippen LogP contribution in [-0.2, 0) is 28.6 Å². The summed E-state index contributed by atoms with van der Waals surface area (Å²) in [5.74, 6) is -1.04. The van der Waals surface area contributed by atoms with E-state index in [2.05, 4.69) is 191 Å². The van der Waals surface area contributed by atoms with Crippen LogP contribution in [0.5, 0.6) is 0 Å². The van der Waals surface area contributed by atoms with Crippen LogP contribution in [0.4, 0.5) is 0 Å². The molecule has 0 saturated carbocycles. The van der Waals surface area contributed by atoms with Crippen molar-refractivity contribution in [3.63, 3.8) is 0 Å². The average Bonchev–Trinajstić information content (AvgIpc) is 3.39. The van der Waals surface area contributed by atoms with Crippen molar-refractivity contribution in [1.82, 2.24) is 0 Å². The average molecular weight is 1000 g/mol. The molecule has 6 heteroatoms. The number of hydrogen-bond donors (Lipinski definition) is 0. The van der Waals surface area contributed by atoms with Crippen molar-refractivity contribution in [3.05, 3.63) is 170 Å². The lowest BCUT2D eigenvalue weighted by Crippen LogP contribution is -2.30. The molecule has 0 rings (SSSR count). The van der Waals surface area contributed by atoms with E-state index in [0.717, 1.165) is 154 Å². The molecule has 0 aromatic carbocycles. The van der Waals surface area contributed by atoms with Crippen LogP contribution in [0.15, 0.2) is 170 Å². The largest absolute Gasteiger partial charge is 0.462 e. The van der Waals surface area contributed by atoms with Gasteiger partial charge in [0.25, 0.3) is 0 Å². The molecule has 0 aromatic heterocycles. The molecule has 0 radical (unpaired) electrons. The molecule has 1 atom stereocenters. The van der Waals surface area contributed by atoms with Gasteiger partial charge in [0.15, 0.2) is 6.10 Å². The molecule has 1 unspecified atom stereocenters. The van der Waals surface area contributed by atoms with Gasteiger partial charge in [0.05, 0.1) is 0 Å². The standard InChI is InChI=1S/C67H102O6/c1-4-7-10-13-16-19-22-25-27-29-30-31-32-33-34-35-36-38-39-42-45-48-51-54-57-60-66(69)72-63-64(62-71-65(68)59-56-53-50-47-44-41-24-21-18-15-12-9-6-3)73-67(70)61-58-55-52-49-46-43-40-37-28-26-23-20-17-14-11-8-5-2/h7-12,16-21,25-28,30-31,33-34,36,38,40-41,43-44,49,52,64H,4-6,13-15,22-24,29,32,35,37,39,42,45-48,50-51,53-63H2,1-3H3/b10-7-,11-8-,12-9-,19-16-,20-17-,21-18-,27-25-,28-26-,31-30-,34-33-,38-36-,43-40-,44-41-,52-49-. The maximum absolute atomic E-state index is 12.8. The van der Waals surface area contributed by atoms with Gasteiger partial charge in [-0.25, -0.2) is 0 Å². The third kappa shape index (κ3) is 57.5. The summed E-state index contributed by atoms with van der Waals surface area (Å²) in [7, 11) is 0. The molecule has 0 N–H and O–H groups in total. The minimum absolute atomic E-state index is 0.127. The number of allylic oxidation sites excluding steroid dienone is 28. The first-order valence-electron chi connectivity index (χ1n) is 28.6. The summed E-state index contributed by atoms with van der Waals surface area (Å²) in [6.07, 6.45) is 87.8. The second-order valence-electron chi connectivity index (χ2n) is 18.0. The molecule has 0 aromatic rings. The lowest BCUT2D eigenvalue weighted by molar-refractivity contribution is -0.167. The Labute approximate surface area is 447 Å². The summed E-state index contributed by atoms with van der Waals surface area (Å²) >= 11 is 0. The van der Waals surface area contributed by atoms with Gasteiger partial charge in [-0.3, -0.25) is 14.4 Å². The highest BCUT2D eigenvalue weighted by Gasteiger charge is 2.19. The Bertz CT molecular complexity index is 1720. The van der Waals surface area contributed by atoms with Crippen LogP contribution >= 0.6 is 0 Å². The van der Waals surface area contributed by atoms with Crippen LogP contribution in [-0.4, -0.2) is 37.2 Å². The first kappa shape index (κ1) is 67.8. The monoisotopic (exact) mass is 1000 g/mol. The van der Waals surface area contributed by atoms with Crippen LogP contribution in [0.1, 0.15) is 213 Å². The Balaban J connectivity index is 4.51. The lowest BCUT2D eigenvalue weighted by atomic mass is 10.1. The van der Waals surface area contributed by atoms with E-state index in [0.29, 0.717) is 19.3 Å². The summed E-state index contributed by atoms with van der Waals surface area (Å²) in [6, 6.07) is 0. The highest BCUT2D eigenvalue weighted by molar-refractivity contribution is 5.71. The van der Waals surface area contributed by atoms with Gasteiger partial charge in [-0.1, -0.05) is 223 Å². The summed E-state index contributed by atoms with van der Waals surface area (Å²) in [4.78, 5) is 38.1. The van der Waals surface area contributed by atoms with E-state index >= 15 is 0 Å². The number of hydrogen-bond acceptors (Lipinski definition) is 6. The fourth-order valence-corrected chi connectivity index (χ4v) is 7.02. The Morgan fingerprint density at radius 1 is 0.274 bits per heavy atom. The van der Waals surface area contributed by atoms with Gasteiger partial charge in [-0.15, -0.1) is 0 Å². The molecule has 0 amide bonds. The SMILES string of the molecule is CC/C=C\C/C=C\C/C=C\C/C=C\C/C=C\C/C=C\CCCCCCCCC(=O)OCC(COC(=O)CCCCC/C=C\C/C=C\C/C=C\CC)OC(=O)CCC/C=C\C/C=C\C/C=C\C/C=C\C/C=C\CC. The molecule has 0 heterocycles. The maximum Gasteiger partial charge on any atom is 0.306 e. The molecule has 0 fully saturated rings. The van der Waals surface area contributed by atoms with E-state index in [1.54, 1.807) is 0 Å². The van der Waals surface area contributed by atoms with Gasteiger partial charge in [-0.2, -0.15) is 0 Å². The molecule has 406 valence electrons. The number of carbonyl (C=O) groups is 3. The minimum Gasteiger partial charge on any atom is -0.462 e. The second-order valence-corrected chi connectivity index (χ2v) is 18.0. The number of esters is 3. The normalized spacial score (nSPS) is 13.4. The predicted molar refractivity (Wildman–Crippen MR) is 315 cm³/mol. The lowest BCUT2D eigenvalue weighted by Gasteiger charge is -2.18.